The maximum atomic E-state index is 5.68. The molecule has 2 saturated carbocycles. The zero-order chi connectivity index (χ0) is 35.0. The highest BCUT2D eigenvalue weighted by molar-refractivity contribution is 6.13. The van der Waals surface area contributed by atoms with Gasteiger partial charge in [0.25, 0.3) is 0 Å². The molecule has 7 aromatic rings. The first-order valence-electron chi connectivity index (χ1n) is 19.7. The summed E-state index contributed by atoms with van der Waals surface area (Å²) in [6.45, 7) is 4.46. The van der Waals surface area contributed by atoms with Crippen molar-refractivity contribution in [3.63, 3.8) is 0 Å². The van der Waals surface area contributed by atoms with E-state index in [0.717, 1.165) is 33.2 Å². The van der Waals surface area contributed by atoms with Gasteiger partial charge in [0.2, 0.25) is 0 Å². The van der Waals surface area contributed by atoms with Crippen LogP contribution in [0.3, 0.4) is 0 Å². The minimum atomic E-state index is 0.572. The molecule has 2 aliphatic carbocycles. The van der Waals surface area contributed by atoms with Crippen molar-refractivity contribution < 1.29 is 0 Å². The van der Waals surface area contributed by atoms with Gasteiger partial charge in [-0.05, 0) is 96.9 Å². The van der Waals surface area contributed by atoms with Gasteiger partial charge in [-0.3, -0.25) is 0 Å². The average Bonchev–Trinajstić information content (AvgIpc) is 3.21. The fraction of sp³-hybridized carbons (Fsp3) is 0.280. The smallest absolute Gasteiger partial charge is 0.0978 e. The van der Waals surface area contributed by atoms with E-state index in [1.165, 1.54) is 120 Å². The number of hydrogen-bond acceptors (Lipinski definition) is 2. The van der Waals surface area contributed by atoms with E-state index < -0.39 is 0 Å². The third-order valence-electron chi connectivity index (χ3n) is 12.0. The molecule has 0 aliphatic heterocycles. The Morgan fingerprint density at radius 1 is 0.404 bits per heavy atom. The van der Waals surface area contributed by atoms with E-state index in [1.807, 2.05) is 0 Å². The van der Waals surface area contributed by atoms with Gasteiger partial charge < -0.3 is 0 Å². The number of benzene rings is 5. The average molecular weight is 677 g/mol. The molecule has 2 heterocycles. The Morgan fingerprint density at radius 2 is 0.808 bits per heavy atom. The number of hydrogen-bond donors (Lipinski definition) is 0. The molecule has 2 aromatic heterocycles. The van der Waals surface area contributed by atoms with E-state index in [4.69, 9.17) is 9.97 Å². The summed E-state index contributed by atoms with van der Waals surface area (Å²) in [6.07, 6.45) is 12.9. The van der Waals surface area contributed by atoms with E-state index in [-0.39, 0.29) is 0 Å². The lowest BCUT2D eigenvalue weighted by atomic mass is 9.80. The van der Waals surface area contributed by atoms with E-state index in [1.54, 1.807) is 0 Å². The van der Waals surface area contributed by atoms with Crippen LogP contribution < -0.4 is 0 Å². The molecule has 0 atom stereocenters. The fourth-order valence-corrected chi connectivity index (χ4v) is 9.30. The monoisotopic (exact) mass is 676 g/mol. The van der Waals surface area contributed by atoms with Crippen molar-refractivity contribution in [3.05, 3.63) is 144 Å². The number of aryl methyl sites for hydroxylation is 2. The summed E-state index contributed by atoms with van der Waals surface area (Å²) >= 11 is 0. The van der Waals surface area contributed by atoms with Crippen LogP contribution in [-0.4, -0.2) is 9.97 Å². The van der Waals surface area contributed by atoms with E-state index in [9.17, 15) is 0 Å². The molecule has 0 amide bonds. The molecule has 0 N–H and O–H groups in total. The van der Waals surface area contributed by atoms with Crippen LogP contribution in [0.2, 0.25) is 0 Å². The highest BCUT2D eigenvalue weighted by Gasteiger charge is 2.24. The minimum Gasteiger partial charge on any atom is -0.245 e. The van der Waals surface area contributed by atoms with Gasteiger partial charge in [-0.25, -0.2) is 9.97 Å². The third kappa shape index (κ3) is 6.23. The number of aromatic nitrogens is 2. The van der Waals surface area contributed by atoms with Crippen LogP contribution in [0.15, 0.2) is 121 Å². The standard InChI is InChI=1S/C50H48N2/c1-33-23-25-39(43(29-33)35-15-7-3-8-16-35)47-31-45(37-19-11-5-12-20-37)41-27-28-42-46(38-21-13-6-14-22-38)32-48(52-50(42)49(41)51-47)40-26-24-34(2)30-44(40)36-17-9-4-10-18-36/h5-6,11-14,19-32,35-36H,3-4,7-10,15-18H2,1-2H3. The lowest BCUT2D eigenvalue weighted by Gasteiger charge is -2.25. The van der Waals surface area contributed by atoms with Gasteiger partial charge in [0.05, 0.1) is 22.4 Å². The van der Waals surface area contributed by atoms with Crippen molar-refractivity contribution in [2.75, 3.05) is 0 Å². The lowest BCUT2D eigenvalue weighted by molar-refractivity contribution is 0.444. The summed E-state index contributed by atoms with van der Waals surface area (Å²) in [5, 5.41) is 2.29. The summed E-state index contributed by atoms with van der Waals surface area (Å²) in [5.74, 6) is 1.14. The van der Waals surface area contributed by atoms with E-state index in [0.29, 0.717) is 11.8 Å². The number of nitrogens with zero attached hydrogens (tertiary/aromatic N) is 2. The lowest BCUT2D eigenvalue weighted by Crippen LogP contribution is -2.07. The summed E-state index contributed by atoms with van der Waals surface area (Å²) < 4.78 is 0. The van der Waals surface area contributed by atoms with E-state index in [2.05, 4.69) is 135 Å². The Labute approximate surface area is 309 Å². The Balaban J connectivity index is 1.35. The largest absolute Gasteiger partial charge is 0.245 e. The maximum Gasteiger partial charge on any atom is 0.0978 e. The van der Waals surface area contributed by atoms with Gasteiger partial charge in [0, 0.05) is 21.9 Å². The Kier molecular flexibility index (Phi) is 8.93. The second-order valence-electron chi connectivity index (χ2n) is 15.6. The molecule has 52 heavy (non-hydrogen) atoms. The third-order valence-corrected chi connectivity index (χ3v) is 12.0. The van der Waals surface area contributed by atoms with Crippen LogP contribution in [0.4, 0.5) is 0 Å². The van der Waals surface area contributed by atoms with Gasteiger partial charge in [-0.15, -0.1) is 0 Å². The zero-order valence-corrected chi connectivity index (χ0v) is 30.7. The van der Waals surface area contributed by atoms with Crippen LogP contribution in [0.1, 0.15) is 98.3 Å². The SMILES string of the molecule is Cc1ccc(-c2cc(-c3ccccc3)c3ccc4c(-c5ccccc5)cc(-c5ccc(C)cc5C5CCCCC5)nc4c3n2)c(C2CCCCC2)c1. The molecular weight excluding hydrogens is 629 g/mol. The molecule has 2 fully saturated rings. The Bertz CT molecular complexity index is 2210. The van der Waals surface area contributed by atoms with E-state index >= 15 is 0 Å². The molecule has 0 radical (unpaired) electrons. The second-order valence-corrected chi connectivity index (χ2v) is 15.6. The molecule has 0 unspecified atom stereocenters. The van der Waals surface area contributed by atoms with Crippen LogP contribution in [0.5, 0.6) is 0 Å². The minimum absolute atomic E-state index is 0.572. The molecule has 0 bridgehead atoms. The summed E-state index contributed by atoms with van der Waals surface area (Å²) in [6, 6.07) is 45.1. The molecule has 0 saturated heterocycles. The molecule has 2 nitrogen and oxygen atoms in total. The molecule has 258 valence electrons. The predicted molar refractivity (Wildman–Crippen MR) is 220 cm³/mol. The van der Waals surface area contributed by atoms with Gasteiger partial charge in [0.15, 0.2) is 0 Å². The predicted octanol–water partition coefficient (Wildman–Crippen LogP) is 14.2. The second kappa shape index (κ2) is 14.2. The van der Waals surface area contributed by atoms with Crippen LogP contribution in [0, 0.1) is 13.8 Å². The highest BCUT2D eigenvalue weighted by Crippen LogP contribution is 2.44. The van der Waals surface area contributed by atoms with Crippen molar-refractivity contribution in [2.24, 2.45) is 0 Å². The first kappa shape index (κ1) is 32.8. The Hall–Kier alpha value is -5.08. The van der Waals surface area contributed by atoms with Crippen molar-refractivity contribution in [1.29, 1.82) is 0 Å². The zero-order valence-electron chi connectivity index (χ0n) is 30.7. The van der Waals surface area contributed by atoms with Crippen molar-refractivity contribution in [3.8, 4) is 44.8 Å². The molecule has 0 spiro atoms. The van der Waals surface area contributed by atoms with Gasteiger partial charge in [-0.2, -0.15) is 0 Å². The van der Waals surface area contributed by atoms with Crippen molar-refractivity contribution in [1.82, 2.24) is 9.97 Å². The molecule has 2 heteroatoms. The van der Waals surface area contributed by atoms with Gasteiger partial charge in [0.1, 0.15) is 0 Å². The van der Waals surface area contributed by atoms with Crippen LogP contribution >= 0.6 is 0 Å². The number of fused-ring (bicyclic) bond motifs is 3. The molecule has 5 aromatic carbocycles. The fourth-order valence-electron chi connectivity index (χ4n) is 9.30. The topological polar surface area (TPSA) is 25.8 Å². The molecular formula is C50H48N2. The number of pyridine rings is 2. The first-order valence-corrected chi connectivity index (χ1v) is 19.7. The molecule has 2 aliphatic rings. The van der Waals surface area contributed by atoms with Crippen LogP contribution in [-0.2, 0) is 0 Å². The van der Waals surface area contributed by atoms with Crippen molar-refractivity contribution in [2.45, 2.75) is 89.9 Å². The first-order chi connectivity index (χ1) is 25.6. The number of rotatable bonds is 6. The summed E-state index contributed by atoms with van der Waals surface area (Å²) in [4.78, 5) is 11.4. The summed E-state index contributed by atoms with van der Waals surface area (Å²) in [7, 11) is 0. The molecule has 9 rings (SSSR count). The van der Waals surface area contributed by atoms with Gasteiger partial charge >= 0.3 is 0 Å². The quantitative estimate of drug-likeness (QED) is 0.164. The normalized spacial score (nSPS) is 15.7. The van der Waals surface area contributed by atoms with Crippen molar-refractivity contribution >= 4 is 21.8 Å². The van der Waals surface area contributed by atoms with Crippen LogP contribution in [0.25, 0.3) is 66.6 Å². The maximum absolute atomic E-state index is 5.68. The Morgan fingerprint density at radius 3 is 1.21 bits per heavy atom. The van der Waals surface area contributed by atoms with Gasteiger partial charge in [-0.1, -0.05) is 159 Å². The summed E-state index contributed by atoms with van der Waals surface area (Å²) in [5.41, 5.74) is 17.0. The highest BCUT2D eigenvalue weighted by atomic mass is 14.8.